The number of halogens is 1. The van der Waals surface area contributed by atoms with Gasteiger partial charge in [0, 0.05) is 72.3 Å². The Hall–Kier alpha value is -2.38. The number of benzene rings is 2. The molecule has 1 saturated heterocycles. The lowest BCUT2D eigenvalue weighted by atomic mass is 10.0. The molecule has 5 rings (SSSR count). The lowest BCUT2D eigenvalue weighted by Crippen LogP contribution is -2.37. The van der Waals surface area contributed by atoms with Gasteiger partial charge in [-0.2, -0.15) is 5.26 Å². The van der Waals surface area contributed by atoms with Gasteiger partial charge in [0.25, 0.3) is 0 Å². The minimum absolute atomic E-state index is 0.202. The Balaban J connectivity index is 1.47. The molecule has 2 aromatic carbocycles. The maximum absolute atomic E-state index is 9.92. The largest absolute Gasteiger partial charge is 0.392 e. The van der Waals surface area contributed by atoms with Gasteiger partial charge in [0.05, 0.1) is 17.7 Å². The zero-order valence-corrected chi connectivity index (χ0v) is 21.0. The van der Waals surface area contributed by atoms with Crippen molar-refractivity contribution in [1.82, 2.24) is 13.9 Å². The second-order valence-electron chi connectivity index (χ2n) is 8.45. The lowest BCUT2D eigenvalue weighted by molar-refractivity contribution is 0.0668. The Morgan fingerprint density at radius 2 is 1.97 bits per heavy atom. The van der Waals surface area contributed by atoms with Crippen molar-refractivity contribution in [2.45, 2.75) is 25.5 Å². The first-order chi connectivity index (χ1) is 16.1. The van der Waals surface area contributed by atoms with Gasteiger partial charge in [0.2, 0.25) is 0 Å². The molecule has 0 saturated carbocycles. The monoisotopic (exact) mass is 566 g/mol. The molecular weight excluding hydrogens is 543 g/mol. The molecule has 1 aliphatic rings. The van der Waals surface area contributed by atoms with Gasteiger partial charge in [0.15, 0.2) is 5.65 Å². The molecule has 5 nitrogen and oxygen atoms in total. The number of pyridine rings is 1. The van der Waals surface area contributed by atoms with Crippen molar-refractivity contribution in [3.63, 3.8) is 0 Å². The standard InChI is InChI=1S/C26H23IN4OS/c27-33-31-17-25(21-4-1-3-19(11-21)13-28)24-12-22(14-29-26(24)31)20-8-6-18(7-9-20)15-30-10-2-5-23(32)16-30/h1,3-4,6-9,11-12,14,17,23,32H,2,5,10,15-16H2. The number of rotatable bonds is 5. The summed E-state index contributed by atoms with van der Waals surface area (Å²) >= 11 is 2.26. The van der Waals surface area contributed by atoms with Gasteiger partial charge >= 0.3 is 0 Å². The number of likely N-dealkylation sites (tertiary alicyclic amines) is 1. The van der Waals surface area contributed by atoms with E-state index in [2.05, 4.69) is 72.7 Å². The number of nitriles is 1. The topological polar surface area (TPSA) is 65.1 Å². The van der Waals surface area contributed by atoms with E-state index in [0.717, 1.165) is 65.8 Å². The molecule has 7 heteroatoms. The number of hydrogen-bond acceptors (Lipinski definition) is 5. The lowest BCUT2D eigenvalue weighted by Gasteiger charge is -2.29. The van der Waals surface area contributed by atoms with Gasteiger partial charge < -0.3 is 5.11 Å². The van der Waals surface area contributed by atoms with Crippen molar-refractivity contribution in [1.29, 1.82) is 5.26 Å². The predicted octanol–water partition coefficient (Wildman–Crippen LogP) is 6.04. The fourth-order valence-electron chi connectivity index (χ4n) is 4.51. The summed E-state index contributed by atoms with van der Waals surface area (Å²) in [5.74, 6) is 0. The van der Waals surface area contributed by atoms with Crippen LogP contribution in [-0.4, -0.2) is 38.2 Å². The second-order valence-corrected chi connectivity index (χ2v) is 10.2. The summed E-state index contributed by atoms with van der Waals surface area (Å²) in [7, 11) is 1.58. The summed E-state index contributed by atoms with van der Waals surface area (Å²) in [6.45, 7) is 2.66. The van der Waals surface area contributed by atoms with E-state index in [-0.39, 0.29) is 6.10 Å². The molecule has 0 amide bonds. The molecule has 1 N–H and O–H groups in total. The maximum atomic E-state index is 9.92. The number of β-amino-alcohol motifs (C(OH)–C–C–N with tert-alkyl or cyclic N) is 1. The second kappa shape index (κ2) is 9.85. The van der Waals surface area contributed by atoms with Gasteiger partial charge in [-0.1, -0.05) is 36.4 Å². The Morgan fingerprint density at radius 3 is 2.73 bits per heavy atom. The first-order valence-corrected chi connectivity index (χ1v) is 14.3. The van der Waals surface area contributed by atoms with Crippen LogP contribution in [0.15, 0.2) is 67.0 Å². The average molecular weight is 566 g/mol. The molecule has 1 unspecified atom stereocenters. The first-order valence-electron chi connectivity index (χ1n) is 10.9. The van der Waals surface area contributed by atoms with Crippen LogP contribution in [-0.2, 0) is 6.54 Å². The van der Waals surface area contributed by atoms with E-state index in [4.69, 9.17) is 4.98 Å². The number of piperidine rings is 1. The maximum Gasteiger partial charge on any atom is 0.151 e. The molecule has 0 aliphatic carbocycles. The summed E-state index contributed by atoms with van der Waals surface area (Å²) in [4.78, 5) is 7.10. The van der Waals surface area contributed by atoms with Crippen molar-refractivity contribution in [3.05, 3.63) is 78.1 Å². The molecule has 0 bridgehead atoms. The molecule has 0 radical (unpaired) electrons. The number of aliphatic hydroxyl groups excluding tert-OH is 1. The van der Waals surface area contributed by atoms with Crippen molar-refractivity contribution >= 4 is 41.4 Å². The van der Waals surface area contributed by atoms with Gasteiger partial charge in [-0.3, -0.25) is 8.87 Å². The molecule has 3 heterocycles. The summed E-state index contributed by atoms with van der Waals surface area (Å²) in [5.41, 5.74) is 7.09. The molecule has 1 fully saturated rings. The summed E-state index contributed by atoms with van der Waals surface area (Å²) < 4.78 is 2.06. The number of aromatic nitrogens is 2. The SMILES string of the molecule is N#Cc1cccc(-c2cn(SI)c3ncc(-c4ccc(CN5CCCC(O)C5)cc4)cc23)c1. The van der Waals surface area contributed by atoms with Crippen LogP contribution < -0.4 is 0 Å². The van der Waals surface area contributed by atoms with E-state index in [1.165, 1.54) is 5.56 Å². The van der Waals surface area contributed by atoms with E-state index in [1.54, 1.807) is 9.12 Å². The van der Waals surface area contributed by atoms with Crippen LogP contribution in [0.2, 0.25) is 0 Å². The predicted molar refractivity (Wildman–Crippen MR) is 143 cm³/mol. The zero-order chi connectivity index (χ0) is 22.8. The van der Waals surface area contributed by atoms with E-state index < -0.39 is 0 Å². The molecule has 1 atom stereocenters. The number of fused-ring (bicyclic) bond motifs is 1. The molecular formula is C26H23IN4OS. The molecule has 1 aliphatic heterocycles. The Kier molecular flexibility index (Phi) is 6.69. The Bertz CT molecular complexity index is 1330. The molecule has 0 spiro atoms. The molecule has 2 aromatic heterocycles. The quantitative estimate of drug-likeness (QED) is 0.298. The van der Waals surface area contributed by atoms with E-state index >= 15 is 0 Å². The van der Waals surface area contributed by atoms with Crippen LogP contribution in [0.3, 0.4) is 0 Å². The number of nitrogens with zero attached hydrogens (tertiary/aromatic N) is 4. The molecule has 4 aromatic rings. The minimum Gasteiger partial charge on any atom is -0.392 e. The van der Waals surface area contributed by atoms with Gasteiger partial charge in [-0.15, -0.1) is 0 Å². The summed E-state index contributed by atoms with van der Waals surface area (Å²) in [5, 5.41) is 20.3. The van der Waals surface area contributed by atoms with E-state index in [9.17, 15) is 10.4 Å². The average Bonchev–Trinajstić information content (AvgIpc) is 3.23. The smallest absolute Gasteiger partial charge is 0.151 e. The van der Waals surface area contributed by atoms with Gasteiger partial charge in [0.1, 0.15) is 0 Å². The Labute approximate surface area is 209 Å². The fraction of sp³-hybridized carbons (Fsp3) is 0.231. The van der Waals surface area contributed by atoms with E-state index in [0.29, 0.717) is 5.56 Å². The number of hydrogen-bond donors (Lipinski definition) is 1. The van der Waals surface area contributed by atoms with Gasteiger partial charge in [-0.05, 0) is 54.3 Å². The van der Waals surface area contributed by atoms with Gasteiger partial charge in [-0.25, -0.2) is 4.98 Å². The number of aliphatic hydroxyl groups is 1. The summed E-state index contributed by atoms with van der Waals surface area (Å²) in [6, 6.07) is 20.8. The van der Waals surface area contributed by atoms with E-state index in [1.807, 2.05) is 30.5 Å². The molecule has 166 valence electrons. The highest BCUT2D eigenvalue weighted by Gasteiger charge is 2.18. The van der Waals surface area contributed by atoms with Crippen LogP contribution >= 0.6 is 30.3 Å². The third-order valence-corrected chi connectivity index (χ3v) is 7.86. The van der Waals surface area contributed by atoms with Crippen LogP contribution in [0.25, 0.3) is 33.3 Å². The Morgan fingerprint density at radius 1 is 1.12 bits per heavy atom. The first kappa shape index (κ1) is 22.4. The highest BCUT2D eigenvalue weighted by Crippen LogP contribution is 2.36. The highest BCUT2D eigenvalue weighted by atomic mass is 127. The summed E-state index contributed by atoms with van der Waals surface area (Å²) in [6.07, 6.45) is 5.78. The van der Waals surface area contributed by atoms with Crippen LogP contribution in [0, 0.1) is 11.3 Å². The van der Waals surface area contributed by atoms with Crippen molar-refractivity contribution in [2.75, 3.05) is 13.1 Å². The van der Waals surface area contributed by atoms with Crippen molar-refractivity contribution in [2.24, 2.45) is 0 Å². The van der Waals surface area contributed by atoms with Crippen LogP contribution in [0.1, 0.15) is 24.0 Å². The minimum atomic E-state index is -0.202. The normalized spacial score (nSPS) is 16.7. The van der Waals surface area contributed by atoms with Crippen molar-refractivity contribution < 1.29 is 5.11 Å². The van der Waals surface area contributed by atoms with Crippen LogP contribution in [0.5, 0.6) is 0 Å². The highest BCUT2D eigenvalue weighted by molar-refractivity contribution is 14.2. The third kappa shape index (κ3) is 4.80. The zero-order valence-electron chi connectivity index (χ0n) is 18.0. The fourth-order valence-corrected chi connectivity index (χ4v) is 5.77. The molecule has 33 heavy (non-hydrogen) atoms. The third-order valence-electron chi connectivity index (χ3n) is 6.16. The van der Waals surface area contributed by atoms with Crippen LogP contribution in [0.4, 0.5) is 0 Å². The van der Waals surface area contributed by atoms with Crippen molar-refractivity contribution in [3.8, 4) is 28.3 Å².